The topological polar surface area (TPSA) is 40.4 Å². The van der Waals surface area contributed by atoms with Crippen LogP contribution in [0.3, 0.4) is 0 Å². The molecule has 1 aliphatic carbocycles. The van der Waals surface area contributed by atoms with E-state index in [9.17, 15) is 9.70 Å². The van der Waals surface area contributed by atoms with Crippen molar-refractivity contribution in [2.75, 3.05) is 6.54 Å². The maximum Gasteiger partial charge on any atom is 0.299 e. The van der Waals surface area contributed by atoms with E-state index in [2.05, 4.69) is 19.1 Å². The van der Waals surface area contributed by atoms with Crippen LogP contribution < -0.4 is 0 Å². The van der Waals surface area contributed by atoms with Gasteiger partial charge in [-0.1, -0.05) is 36.8 Å². The molecule has 4 nitrogen and oxygen atoms in total. The average Bonchev–Trinajstić information content (AvgIpc) is 2.58. The predicted molar refractivity (Wildman–Crippen MR) is 90.1 cm³/mol. The van der Waals surface area contributed by atoms with E-state index in [0.29, 0.717) is 19.4 Å². The number of carbonyl (C=O) groups excluding carboxylic acids is 1. The minimum atomic E-state index is -0.844. The van der Waals surface area contributed by atoms with Gasteiger partial charge in [-0.3, -0.25) is 4.79 Å². The first-order valence-electron chi connectivity index (χ1n) is 8.72. The number of carbonyl (C=O) groups is 1. The number of benzene rings is 1. The molecule has 1 aromatic carbocycles. The minimum Gasteiger partial charge on any atom is -0.323 e. The minimum absolute atomic E-state index is 0.00419. The third-order valence-corrected chi connectivity index (χ3v) is 5.58. The summed E-state index contributed by atoms with van der Waals surface area (Å²) in [5.74, 6) is 0.0304. The van der Waals surface area contributed by atoms with E-state index in [0.717, 1.165) is 29.6 Å². The van der Waals surface area contributed by atoms with Crippen LogP contribution in [0.4, 0.5) is 0 Å². The lowest BCUT2D eigenvalue weighted by Gasteiger charge is -2.45. The number of nitrogens with zero attached hydrogens (tertiary/aromatic N) is 2. The van der Waals surface area contributed by atoms with Gasteiger partial charge < -0.3 is 4.90 Å². The summed E-state index contributed by atoms with van der Waals surface area (Å²) < 4.78 is 1.13. The molecule has 4 heteroatoms. The van der Waals surface area contributed by atoms with Gasteiger partial charge >= 0.3 is 0 Å². The van der Waals surface area contributed by atoms with Crippen LogP contribution in [0.5, 0.6) is 0 Å². The molecule has 0 bridgehead atoms. The molecule has 1 saturated heterocycles. The summed E-state index contributed by atoms with van der Waals surface area (Å²) in [5.41, 5.74) is -0.265. The summed E-state index contributed by atoms with van der Waals surface area (Å²) >= 11 is 0. The van der Waals surface area contributed by atoms with Crippen LogP contribution in [0.2, 0.25) is 0 Å². The maximum atomic E-state index is 13.3. The lowest BCUT2D eigenvalue weighted by molar-refractivity contribution is -0.686. The number of rotatable bonds is 2. The van der Waals surface area contributed by atoms with Crippen LogP contribution in [-0.2, 0) is 4.79 Å². The number of nitroso groups, excluding NO2 is 1. The molecule has 23 heavy (non-hydrogen) atoms. The highest BCUT2D eigenvalue weighted by Crippen LogP contribution is 2.42. The second-order valence-corrected chi connectivity index (χ2v) is 7.72. The van der Waals surface area contributed by atoms with Crippen LogP contribution in [0.1, 0.15) is 64.5 Å². The van der Waals surface area contributed by atoms with Crippen LogP contribution in [0, 0.1) is 4.91 Å². The molecule has 1 saturated carbocycles. The molecule has 2 fully saturated rings. The number of hydrogen-bond acceptors (Lipinski definition) is 2. The average molecular weight is 315 g/mol. The second kappa shape index (κ2) is 5.73. The first-order valence-corrected chi connectivity index (χ1v) is 8.72. The fourth-order valence-electron chi connectivity index (χ4n) is 4.26. The Bertz CT molecular complexity index is 603. The van der Waals surface area contributed by atoms with Crippen molar-refractivity contribution < 1.29 is 9.55 Å². The number of amides is 1. The summed E-state index contributed by atoms with van der Waals surface area (Å²) in [5, 5.41) is 0. The third kappa shape index (κ3) is 2.58. The van der Waals surface area contributed by atoms with Gasteiger partial charge in [0.2, 0.25) is 5.54 Å². The van der Waals surface area contributed by atoms with Crippen molar-refractivity contribution in [1.82, 2.24) is 4.90 Å². The molecule has 1 atom stereocenters. The van der Waals surface area contributed by atoms with E-state index in [-0.39, 0.29) is 11.9 Å². The van der Waals surface area contributed by atoms with Crippen molar-refractivity contribution in [1.29, 1.82) is 0 Å². The fraction of sp³-hybridized carbons (Fsp3) is 0.632. The Morgan fingerprint density at radius 2 is 1.70 bits per heavy atom. The van der Waals surface area contributed by atoms with Gasteiger partial charge in [-0.25, -0.2) is 0 Å². The zero-order chi connectivity index (χ0) is 16.7. The smallest absolute Gasteiger partial charge is 0.299 e. The van der Waals surface area contributed by atoms with Crippen LogP contribution >= 0.6 is 0 Å². The Balaban J connectivity index is 1.98. The lowest BCUT2D eigenvalue weighted by atomic mass is 9.75. The van der Waals surface area contributed by atoms with E-state index >= 15 is 0 Å². The monoisotopic (exact) mass is 315 g/mol. The maximum absolute atomic E-state index is 13.3. The summed E-state index contributed by atoms with van der Waals surface area (Å²) in [7, 11) is 0. The van der Waals surface area contributed by atoms with Gasteiger partial charge in [0, 0.05) is 36.4 Å². The van der Waals surface area contributed by atoms with Crippen molar-refractivity contribution >= 4 is 5.91 Å². The Morgan fingerprint density at radius 1 is 1.09 bits per heavy atom. The fourth-order valence-corrected chi connectivity index (χ4v) is 4.26. The highest BCUT2D eigenvalue weighted by molar-refractivity contribution is 5.86. The van der Waals surface area contributed by atoms with Crippen molar-refractivity contribution in [3.63, 3.8) is 0 Å². The van der Waals surface area contributed by atoms with Crippen molar-refractivity contribution in [2.24, 2.45) is 0 Å². The zero-order valence-electron chi connectivity index (χ0n) is 14.4. The van der Waals surface area contributed by atoms with Gasteiger partial charge in [-0.05, 0) is 25.3 Å². The number of hydrogen-bond donors (Lipinski definition) is 0. The normalized spacial score (nSPS) is 24.7. The summed E-state index contributed by atoms with van der Waals surface area (Å²) in [4.78, 5) is 28.2. The highest BCUT2D eigenvalue weighted by Gasteiger charge is 2.65. The quantitative estimate of drug-likeness (QED) is 0.778. The molecular weight excluding hydrogens is 288 g/mol. The standard InChI is InChI=1S/C19H27N2O2/c1-15(16-10-6-4-7-11-16)20-14-18(2,3)21(23)19(17(20)22)12-8-5-9-13-19/h4,6-7,10-11,15H,5,8-9,12-14H2,1-3H3/q+1/t15-/m0/s1. The second-order valence-electron chi connectivity index (χ2n) is 7.72. The highest BCUT2D eigenvalue weighted by atomic mass is 16.3. The molecule has 1 aliphatic heterocycles. The predicted octanol–water partition coefficient (Wildman–Crippen LogP) is 3.85. The molecule has 0 aromatic heterocycles. The van der Waals surface area contributed by atoms with E-state index in [1.54, 1.807) is 0 Å². The van der Waals surface area contributed by atoms with Gasteiger partial charge in [-0.15, -0.1) is 0 Å². The third-order valence-electron chi connectivity index (χ3n) is 5.58. The van der Waals surface area contributed by atoms with Crippen molar-refractivity contribution in [2.45, 2.75) is 70.0 Å². The SMILES string of the molecule is C[C@@H](c1ccccc1)N1CC(C)(C)[N+](=O)C2(CCCCC2)C1=O. The van der Waals surface area contributed by atoms with Crippen molar-refractivity contribution in [3.8, 4) is 0 Å². The number of piperazine rings is 1. The molecule has 1 heterocycles. The van der Waals surface area contributed by atoms with Crippen LogP contribution in [0.15, 0.2) is 30.3 Å². The Labute approximate surface area is 138 Å². The first-order chi connectivity index (χ1) is 10.9. The molecule has 1 spiro atoms. The zero-order valence-corrected chi connectivity index (χ0v) is 14.4. The van der Waals surface area contributed by atoms with Crippen LogP contribution in [-0.4, -0.2) is 33.2 Å². The summed E-state index contributed by atoms with van der Waals surface area (Å²) in [6.45, 7) is 6.48. The Hall–Kier alpha value is -1.71. The molecule has 2 aliphatic rings. The Morgan fingerprint density at radius 3 is 2.30 bits per heavy atom. The lowest BCUT2D eigenvalue weighted by Crippen LogP contribution is -2.69. The van der Waals surface area contributed by atoms with Gasteiger partial charge in [0.1, 0.15) is 0 Å². The van der Waals surface area contributed by atoms with Gasteiger partial charge in [0.15, 0.2) is 0 Å². The molecule has 1 amide bonds. The van der Waals surface area contributed by atoms with Gasteiger partial charge in [0.05, 0.1) is 12.6 Å². The van der Waals surface area contributed by atoms with Gasteiger partial charge in [-0.2, -0.15) is 0 Å². The van der Waals surface area contributed by atoms with E-state index in [4.69, 9.17) is 0 Å². The molecular formula is C19H27N2O2+. The Kier molecular flexibility index (Phi) is 4.03. The van der Waals surface area contributed by atoms with Crippen molar-refractivity contribution in [3.05, 3.63) is 40.8 Å². The van der Waals surface area contributed by atoms with E-state index in [1.165, 1.54) is 0 Å². The van der Waals surface area contributed by atoms with Crippen LogP contribution in [0.25, 0.3) is 0 Å². The molecule has 0 unspecified atom stereocenters. The molecule has 3 rings (SSSR count). The summed E-state index contributed by atoms with van der Waals surface area (Å²) in [6, 6.07) is 10.1. The summed E-state index contributed by atoms with van der Waals surface area (Å²) in [6.07, 6.45) is 4.44. The largest absolute Gasteiger partial charge is 0.323 e. The molecule has 0 radical (unpaired) electrons. The molecule has 124 valence electrons. The van der Waals surface area contributed by atoms with E-state index < -0.39 is 11.1 Å². The first kappa shape index (κ1) is 16.2. The van der Waals surface area contributed by atoms with E-state index in [1.807, 2.05) is 36.9 Å². The molecule has 1 aromatic rings. The molecule has 0 N–H and O–H groups in total. The van der Waals surface area contributed by atoms with Gasteiger partial charge in [0.25, 0.3) is 11.4 Å².